The van der Waals surface area contributed by atoms with Crippen LogP contribution in [0.5, 0.6) is 11.5 Å². The Morgan fingerprint density at radius 2 is 2.04 bits per heavy atom. The minimum absolute atomic E-state index is 0.0849. The maximum Gasteiger partial charge on any atom is 0.416 e. The number of nitrogens with one attached hydrogen (secondary N) is 1. The first-order chi connectivity index (χ1) is 13.1. The topological polar surface area (TPSA) is 114 Å². The lowest BCUT2D eigenvalue weighted by atomic mass is 10.1. The van der Waals surface area contributed by atoms with Gasteiger partial charge in [0, 0.05) is 11.6 Å². The smallest absolute Gasteiger partial charge is 0.416 e. The molecule has 0 aliphatic carbocycles. The predicted molar refractivity (Wildman–Crippen MR) is 92.2 cm³/mol. The molecule has 0 saturated carbocycles. The molecular formula is C17H14F3N3O5. The third-order valence-electron chi connectivity index (χ3n) is 3.57. The van der Waals surface area contributed by atoms with Crippen molar-refractivity contribution in [1.29, 1.82) is 0 Å². The maximum absolute atomic E-state index is 12.7. The first-order valence-corrected chi connectivity index (χ1v) is 7.65. The maximum atomic E-state index is 12.7. The van der Waals surface area contributed by atoms with E-state index in [-0.39, 0.29) is 17.1 Å². The second-order valence-corrected chi connectivity index (χ2v) is 5.50. The van der Waals surface area contributed by atoms with Crippen molar-refractivity contribution < 1.29 is 32.7 Å². The van der Waals surface area contributed by atoms with E-state index in [9.17, 15) is 33.2 Å². The number of nitro groups is 1. The zero-order valence-corrected chi connectivity index (χ0v) is 14.4. The number of amides is 1. The Kier molecular flexibility index (Phi) is 6.18. The third kappa shape index (κ3) is 5.19. The van der Waals surface area contributed by atoms with E-state index >= 15 is 0 Å². The van der Waals surface area contributed by atoms with E-state index in [1.165, 1.54) is 31.5 Å². The fourth-order valence-electron chi connectivity index (χ4n) is 2.23. The number of alkyl halides is 3. The molecule has 2 aromatic rings. The van der Waals surface area contributed by atoms with Crippen LogP contribution in [0.15, 0.2) is 41.5 Å². The molecule has 0 aliphatic rings. The molecule has 0 unspecified atom stereocenters. The largest absolute Gasteiger partial charge is 0.504 e. The minimum Gasteiger partial charge on any atom is -0.504 e. The number of benzene rings is 2. The van der Waals surface area contributed by atoms with Gasteiger partial charge in [0.05, 0.1) is 30.2 Å². The second-order valence-electron chi connectivity index (χ2n) is 5.50. The van der Waals surface area contributed by atoms with E-state index in [4.69, 9.17) is 4.74 Å². The molecule has 0 atom stereocenters. The quantitative estimate of drug-likeness (QED) is 0.442. The van der Waals surface area contributed by atoms with Crippen molar-refractivity contribution >= 4 is 17.8 Å². The van der Waals surface area contributed by atoms with Gasteiger partial charge in [0.1, 0.15) is 0 Å². The number of halogens is 3. The van der Waals surface area contributed by atoms with Gasteiger partial charge in [0.15, 0.2) is 11.5 Å². The van der Waals surface area contributed by atoms with Gasteiger partial charge in [-0.1, -0.05) is 6.07 Å². The molecule has 1 amide bonds. The zero-order chi connectivity index (χ0) is 20.9. The normalized spacial score (nSPS) is 11.4. The average Bonchev–Trinajstić information content (AvgIpc) is 2.62. The number of hydrazone groups is 1. The summed E-state index contributed by atoms with van der Waals surface area (Å²) in [6.07, 6.45) is -4.03. The Morgan fingerprint density at radius 3 is 2.64 bits per heavy atom. The zero-order valence-electron chi connectivity index (χ0n) is 14.4. The Labute approximate surface area is 156 Å². The predicted octanol–water partition coefficient (Wildman–Crippen LogP) is 3.02. The molecular weight excluding hydrogens is 383 g/mol. The summed E-state index contributed by atoms with van der Waals surface area (Å²) in [4.78, 5) is 21.9. The highest BCUT2D eigenvalue weighted by Crippen LogP contribution is 2.33. The highest BCUT2D eigenvalue weighted by atomic mass is 19.4. The van der Waals surface area contributed by atoms with Gasteiger partial charge in [0.2, 0.25) is 5.91 Å². The average molecular weight is 397 g/mol. The summed E-state index contributed by atoms with van der Waals surface area (Å²) < 4.78 is 43.0. The molecule has 0 saturated heterocycles. The fourth-order valence-corrected chi connectivity index (χ4v) is 2.23. The second kappa shape index (κ2) is 8.37. The number of carbonyl (C=O) groups excluding carboxylic acids is 1. The summed E-state index contributed by atoms with van der Waals surface area (Å²) >= 11 is 0. The number of methoxy groups -OCH3 is 1. The summed E-state index contributed by atoms with van der Waals surface area (Å²) in [5, 5.41) is 24.2. The van der Waals surface area contributed by atoms with Crippen LogP contribution in [0.25, 0.3) is 0 Å². The van der Waals surface area contributed by atoms with Gasteiger partial charge in [-0.15, -0.1) is 0 Å². The summed E-state index contributed by atoms with van der Waals surface area (Å²) in [6.45, 7) is 0. The lowest BCUT2D eigenvalue weighted by molar-refractivity contribution is -0.385. The van der Waals surface area contributed by atoms with Crippen molar-refractivity contribution in [2.75, 3.05) is 7.11 Å². The number of aromatic hydroxyl groups is 1. The number of rotatable bonds is 6. The summed E-state index contributed by atoms with van der Waals surface area (Å²) in [5.41, 5.74) is 0.437. The van der Waals surface area contributed by atoms with Crippen LogP contribution in [0.1, 0.15) is 16.7 Å². The number of nitrogens with zero attached hydrogens (tertiary/aromatic N) is 2. The molecule has 8 nitrogen and oxygen atoms in total. The number of ether oxygens (including phenoxy) is 1. The molecule has 148 valence electrons. The van der Waals surface area contributed by atoms with E-state index in [1.807, 2.05) is 0 Å². The van der Waals surface area contributed by atoms with Crippen LogP contribution in [0.2, 0.25) is 0 Å². The molecule has 0 heterocycles. The number of hydrogen-bond acceptors (Lipinski definition) is 6. The third-order valence-corrected chi connectivity index (χ3v) is 3.57. The fraction of sp³-hybridized carbons (Fsp3) is 0.176. The molecule has 0 radical (unpaired) electrons. The number of hydrogen-bond donors (Lipinski definition) is 2. The van der Waals surface area contributed by atoms with Gasteiger partial charge in [-0.2, -0.15) is 18.3 Å². The van der Waals surface area contributed by atoms with E-state index in [2.05, 4.69) is 10.5 Å². The number of nitro benzene ring substituents is 1. The summed E-state index contributed by atoms with van der Waals surface area (Å²) in [5.74, 6) is -0.654. The first kappa shape index (κ1) is 20.7. The monoisotopic (exact) mass is 397 g/mol. The lowest BCUT2D eigenvalue weighted by Gasteiger charge is -2.08. The number of phenols is 1. The Hall–Kier alpha value is -3.63. The number of carbonyl (C=O) groups is 1. The van der Waals surface area contributed by atoms with Gasteiger partial charge in [0.25, 0.3) is 5.69 Å². The lowest BCUT2D eigenvalue weighted by Crippen LogP contribution is -2.20. The van der Waals surface area contributed by atoms with Crippen LogP contribution < -0.4 is 10.2 Å². The van der Waals surface area contributed by atoms with Crippen LogP contribution >= 0.6 is 0 Å². The van der Waals surface area contributed by atoms with Gasteiger partial charge in [-0.05, 0) is 29.8 Å². The molecule has 0 fully saturated rings. The van der Waals surface area contributed by atoms with Crippen molar-refractivity contribution in [2.24, 2.45) is 5.10 Å². The molecule has 0 spiro atoms. The standard InChI is InChI=1S/C17H14F3N3O5/c1-28-15-6-10(2-5-14(15)24)9-21-22-16(25)7-11-3-4-12(17(18,19)20)8-13(11)23(26)27/h2-6,8-9,24H,7H2,1H3,(H,22,25)/b21-9-. The van der Waals surface area contributed by atoms with E-state index in [1.54, 1.807) is 0 Å². The van der Waals surface area contributed by atoms with Crippen LogP contribution in [0, 0.1) is 10.1 Å². The molecule has 0 aliphatic heterocycles. The molecule has 2 aromatic carbocycles. The van der Waals surface area contributed by atoms with Crippen LogP contribution in [0.4, 0.5) is 18.9 Å². The molecule has 2 N–H and O–H groups in total. The van der Waals surface area contributed by atoms with Crippen LogP contribution in [-0.4, -0.2) is 29.3 Å². The highest BCUT2D eigenvalue weighted by molar-refractivity contribution is 5.84. The Bertz CT molecular complexity index is 929. The van der Waals surface area contributed by atoms with Crippen molar-refractivity contribution in [3.63, 3.8) is 0 Å². The molecule has 28 heavy (non-hydrogen) atoms. The van der Waals surface area contributed by atoms with E-state index in [0.29, 0.717) is 17.7 Å². The van der Waals surface area contributed by atoms with E-state index in [0.717, 1.165) is 6.07 Å². The first-order valence-electron chi connectivity index (χ1n) is 7.65. The van der Waals surface area contributed by atoms with Crippen molar-refractivity contribution in [1.82, 2.24) is 5.43 Å². The Morgan fingerprint density at radius 1 is 1.32 bits per heavy atom. The van der Waals surface area contributed by atoms with Crippen LogP contribution in [0.3, 0.4) is 0 Å². The minimum atomic E-state index is -4.74. The van der Waals surface area contributed by atoms with Crippen molar-refractivity contribution in [2.45, 2.75) is 12.6 Å². The van der Waals surface area contributed by atoms with Crippen LogP contribution in [-0.2, 0) is 17.4 Å². The SMILES string of the molecule is COc1cc(/C=N\NC(=O)Cc2ccc(C(F)(F)F)cc2[N+](=O)[O-])ccc1O. The molecule has 11 heteroatoms. The number of phenolic OH excluding ortho intramolecular Hbond substituents is 1. The van der Waals surface area contributed by atoms with Gasteiger partial charge in [-0.25, -0.2) is 5.43 Å². The molecule has 0 aromatic heterocycles. The van der Waals surface area contributed by atoms with Gasteiger partial charge in [-0.3, -0.25) is 14.9 Å². The van der Waals surface area contributed by atoms with Crippen molar-refractivity contribution in [3.05, 3.63) is 63.2 Å². The Balaban J connectivity index is 2.09. The summed E-state index contributed by atoms with van der Waals surface area (Å²) in [6, 6.07) is 6.23. The van der Waals surface area contributed by atoms with Crippen molar-refractivity contribution in [3.8, 4) is 11.5 Å². The summed E-state index contributed by atoms with van der Waals surface area (Å²) in [7, 11) is 1.36. The van der Waals surface area contributed by atoms with E-state index < -0.39 is 34.7 Å². The molecule has 0 bridgehead atoms. The molecule has 2 rings (SSSR count). The highest BCUT2D eigenvalue weighted by Gasteiger charge is 2.33. The van der Waals surface area contributed by atoms with Gasteiger partial charge < -0.3 is 9.84 Å². The van der Waals surface area contributed by atoms with Gasteiger partial charge >= 0.3 is 6.18 Å².